The second-order valence-corrected chi connectivity index (χ2v) is 9.78. The molecule has 0 aliphatic rings. The van der Waals surface area contributed by atoms with Crippen LogP contribution in [-0.4, -0.2) is 23.2 Å². The molecule has 1 atom stereocenters. The van der Waals surface area contributed by atoms with Crippen LogP contribution in [0.15, 0.2) is 108 Å². The summed E-state index contributed by atoms with van der Waals surface area (Å²) in [6.45, 7) is 16.3. The summed E-state index contributed by atoms with van der Waals surface area (Å²) < 4.78 is 2.07. The molecule has 4 aromatic rings. The molecule has 188 valence electrons. The molecule has 4 heteroatoms. The summed E-state index contributed by atoms with van der Waals surface area (Å²) in [7, 11) is 4.08. The molecule has 0 saturated heterocycles. The van der Waals surface area contributed by atoms with Crippen molar-refractivity contribution in [2.24, 2.45) is 17.3 Å². The second-order valence-electron chi connectivity index (χ2n) is 9.78. The molecule has 0 aliphatic carbocycles. The van der Waals surface area contributed by atoms with Crippen LogP contribution in [-0.2, 0) is 12.5 Å². The van der Waals surface area contributed by atoms with Crippen molar-refractivity contribution in [1.29, 1.82) is 0 Å². The molecule has 3 aromatic carbocycles. The molecule has 0 aliphatic heterocycles. The monoisotopic (exact) mass is 488 g/mol. The third-order valence-electron chi connectivity index (χ3n) is 7.41. The minimum absolute atomic E-state index is 0.409. The van der Waals surface area contributed by atoms with Gasteiger partial charge in [0.05, 0.1) is 10.9 Å². The van der Waals surface area contributed by atoms with Crippen LogP contribution in [0.1, 0.15) is 36.1 Å². The average Bonchev–Trinajstić information content (AvgIpc) is 2.90. The van der Waals surface area contributed by atoms with Crippen LogP contribution in [0.4, 0.5) is 0 Å². The molecule has 1 aromatic heterocycles. The zero-order chi connectivity index (χ0) is 26.7. The number of rotatable bonds is 7. The Morgan fingerprint density at radius 2 is 1.65 bits per heavy atom. The Balaban J connectivity index is 2.11. The second kappa shape index (κ2) is 10.4. The van der Waals surface area contributed by atoms with E-state index in [4.69, 9.17) is 0 Å². The third kappa shape index (κ3) is 4.67. The van der Waals surface area contributed by atoms with Gasteiger partial charge in [-0.15, -0.1) is 5.10 Å². The molecule has 0 N–H and O–H groups in total. The van der Waals surface area contributed by atoms with E-state index in [1.807, 2.05) is 13.2 Å². The molecule has 0 bridgehead atoms. The van der Waals surface area contributed by atoms with E-state index >= 15 is 0 Å². The normalized spacial score (nSPS) is 13.9. The van der Waals surface area contributed by atoms with Crippen molar-refractivity contribution in [2.45, 2.75) is 33.1 Å². The van der Waals surface area contributed by atoms with Gasteiger partial charge in [0, 0.05) is 31.9 Å². The molecule has 0 saturated carbocycles. The summed E-state index contributed by atoms with van der Waals surface area (Å²) in [4.78, 5) is 2.11. The van der Waals surface area contributed by atoms with E-state index in [-0.39, 0.29) is 0 Å². The van der Waals surface area contributed by atoms with Gasteiger partial charge >= 0.3 is 0 Å². The van der Waals surface area contributed by atoms with Gasteiger partial charge in [0.1, 0.15) is 0 Å². The number of hydrogen-bond donors (Lipinski definition) is 0. The fraction of sp³-hybridized carbons (Fsp3) is 0.212. The van der Waals surface area contributed by atoms with E-state index in [0.717, 1.165) is 33.2 Å². The molecular weight excluding hydrogens is 452 g/mol. The molecule has 1 heterocycles. The molecule has 0 radical (unpaired) electrons. The molecule has 4 rings (SSSR count). The number of fused-ring (bicyclic) bond motifs is 1. The Morgan fingerprint density at radius 3 is 2.27 bits per heavy atom. The predicted molar refractivity (Wildman–Crippen MR) is 158 cm³/mol. The quantitative estimate of drug-likeness (QED) is 0.199. The lowest BCUT2D eigenvalue weighted by Gasteiger charge is -2.38. The summed E-state index contributed by atoms with van der Waals surface area (Å²) in [5, 5.41) is 9.30. The number of hydrogen-bond acceptors (Lipinski definition) is 3. The van der Waals surface area contributed by atoms with Gasteiger partial charge in [-0.1, -0.05) is 78.4 Å². The lowest BCUT2D eigenvalue weighted by molar-refractivity contribution is 0.460. The van der Waals surface area contributed by atoms with Gasteiger partial charge in [0.15, 0.2) is 5.49 Å². The maximum absolute atomic E-state index is 4.32. The first kappa shape index (κ1) is 25.9. The third-order valence-corrected chi connectivity index (χ3v) is 7.41. The summed E-state index contributed by atoms with van der Waals surface area (Å²) in [5.41, 5.74) is 9.73. The van der Waals surface area contributed by atoms with Crippen LogP contribution < -0.4 is 5.49 Å². The number of allylic oxidation sites excluding steroid dienone is 2. The summed E-state index contributed by atoms with van der Waals surface area (Å²) in [6, 6.07) is 26.3. The largest absolute Gasteiger partial charge is 0.354 e. The number of nitrogens with zero attached hydrogens (tertiary/aromatic N) is 4. The maximum atomic E-state index is 4.32. The van der Waals surface area contributed by atoms with Gasteiger partial charge in [0.2, 0.25) is 0 Å². The van der Waals surface area contributed by atoms with Gasteiger partial charge in [-0.05, 0) is 74.3 Å². The molecular formula is C33H36N4. The van der Waals surface area contributed by atoms with Gasteiger partial charge < -0.3 is 9.47 Å². The first-order valence-electron chi connectivity index (χ1n) is 12.5. The number of aryl methyl sites for hydroxylation is 3. The van der Waals surface area contributed by atoms with E-state index in [1.54, 1.807) is 0 Å². The fourth-order valence-electron chi connectivity index (χ4n) is 5.29. The Labute approximate surface area is 220 Å². The van der Waals surface area contributed by atoms with E-state index in [1.165, 1.54) is 22.3 Å². The summed E-state index contributed by atoms with van der Waals surface area (Å²) in [5.74, 6) is 0. The number of likely N-dealkylation sites (N-methyl/N-ethyl adjacent to an activating group) is 1. The van der Waals surface area contributed by atoms with Crippen molar-refractivity contribution in [3.8, 4) is 11.1 Å². The Hall–Kier alpha value is -4.18. The van der Waals surface area contributed by atoms with Gasteiger partial charge in [-0.2, -0.15) is 5.10 Å². The highest BCUT2D eigenvalue weighted by Crippen LogP contribution is 2.42. The van der Waals surface area contributed by atoms with E-state index < -0.39 is 5.41 Å². The van der Waals surface area contributed by atoms with Crippen LogP contribution >= 0.6 is 0 Å². The predicted octanol–water partition coefficient (Wildman–Crippen LogP) is 7.26. The standard InChI is InChI=1S/C33H36N4/c1-9-31(36(7)10-2)33(5,26-16-14-23(3)15-17-26)27-18-19-30-29(21-27)28(22-32(35-34-6)37(30)8)25-13-11-12-24(4)20-25/h9-22H,2,6H2,1,3-5,7-8H3/b31-9-,35-32-. The fourth-order valence-corrected chi connectivity index (χ4v) is 5.29. The molecule has 4 nitrogen and oxygen atoms in total. The van der Waals surface area contributed by atoms with Crippen molar-refractivity contribution >= 4 is 17.6 Å². The lowest BCUT2D eigenvalue weighted by atomic mass is 9.72. The summed E-state index contributed by atoms with van der Waals surface area (Å²) >= 11 is 0. The zero-order valence-corrected chi connectivity index (χ0v) is 22.8. The molecule has 37 heavy (non-hydrogen) atoms. The van der Waals surface area contributed by atoms with Crippen molar-refractivity contribution in [3.05, 3.63) is 125 Å². The highest BCUT2D eigenvalue weighted by molar-refractivity contribution is 5.95. The minimum atomic E-state index is -0.409. The van der Waals surface area contributed by atoms with E-state index in [0.29, 0.717) is 0 Å². The Kier molecular flexibility index (Phi) is 7.30. The lowest BCUT2D eigenvalue weighted by Crippen LogP contribution is -2.33. The van der Waals surface area contributed by atoms with Crippen LogP contribution in [0, 0.1) is 13.8 Å². The first-order valence-corrected chi connectivity index (χ1v) is 12.5. The van der Waals surface area contributed by atoms with Crippen molar-refractivity contribution in [1.82, 2.24) is 9.47 Å². The number of pyridine rings is 1. The number of benzene rings is 3. The molecule has 1 unspecified atom stereocenters. The average molecular weight is 489 g/mol. The minimum Gasteiger partial charge on any atom is -0.354 e. The van der Waals surface area contributed by atoms with Crippen LogP contribution in [0.25, 0.3) is 22.0 Å². The SMILES string of the molecule is C=CN(C)/C(=C\C)C(C)(c1ccc(C)cc1)c1ccc2c(c1)c(-c1cccc(C)c1)c/c(=N/N=C)n2C. The number of aromatic nitrogens is 1. The van der Waals surface area contributed by atoms with Crippen LogP contribution in [0.3, 0.4) is 0 Å². The van der Waals surface area contributed by atoms with Crippen molar-refractivity contribution < 1.29 is 0 Å². The van der Waals surface area contributed by atoms with Gasteiger partial charge in [-0.3, -0.25) is 0 Å². The highest BCUT2D eigenvalue weighted by Gasteiger charge is 2.35. The van der Waals surface area contributed by atoms with E-state index in [9.17, 15) is 0 Å². The van der Waals surface area contributed by atoms with Crippen molar-refractivity contribution in [2.75, 3.05) is 7.05 Å². The topological polar surface area (TPSA) is 32.9 Å². The maximum Gasteiger partial charge on any atom is 0.155 e. The Morgan fingerprint density at radius 1 is 0.946 bits per heavy atom. The van der Waals surface area contributed by atoms with Crippen LogP contribution in [0.5, 0.6) is 0 Å². The highest BCUT2D eigenvalue weighted by atomic mass is 15.2. The molecule has 0 fully saturated rings. The Bertz CT molecular complexity index is 1570. The van der Waals surface area contributed by atoms with Gasteiger partial charge in [0.25, 0.3) is 0 Å². The summed E-state index contributed by atoms with van der Waals surface area (Å²) in [6.07, 6.45) is 4.06. The van der Waals surface area contributed by atoms with E-state index in [2.05, 4.69) is 147 Å². The molecule has 0 spiro atoms. The zero-order valence-electron chi connectivity index (χ0n) is 22.8. The van der Waals surface area contributed by atoms with Crippen molar-refractivity contribution in [3.63, 3.8) is 0 Å². The first-order chi connectivity index (χ1) is 17.7. The smallest absolute Gasteiger partial charge is 0.155 e. The molecule has 0 amide bonds. The van der Waals surface area contributed by atoms with Crippen LogP contribution in [0.2, 0.25) is 0 Å². The van der Waals surface area contributed by atoms with Gasteiger partial charge in [-0.25, -0.2) is 0 Å².